The van der Waals surface area contributed by atoms with Crippen molar-refractivity contribution in [3.05, 3.63) is 0 Å². The van der Waals surface area contributed by atoms with E-state index >= 15 is 0 Å². The summed E-state index contributed by atoms with van der Waals surface area (Å²) in [7, 11) is 1.84. The number of piperazine rings is 1. The molecule has 1 saturated carbocycles. The third-order valence-electron chi connectivity index (χ3n) is 4.71. The summed E-state index contributed by atoms with van der Waals surface area (Å²) in [5.74, 6) is 0.0751. The largest absolute Gasteiger partial charge is 0.394 e. The fourth-order valence-corrected chi connectivity index (χ4v) is 3.99. The predicted octanol–water partition coefficient (Wildman–Crippen LogP) is 1.62. The summed E-state index contributed by atoms with van der Waals surface area (Å²) in [4.78, 5) is 16.4. The maximum atomic E-state index is 12.3. The van der Waals surface area contributed by atoms with Gasteiger partial charge in [0.05, 0.1) is 6.61 Å². The summed E-state index contributed by atoms with van der Waals surface area (Å²) in [5.41, 5.74) is -0.0505. The average Bonchev–Trinajstić information content (AvgIpc) is 2.61. The fourth-order valence-electron chi connectivity index (χ4n) is 3.99. The van der Waals surface area contributed by atoms with E-state index in [4.69, 9.17) is 0 Å². The number of hydrogen-bond acceptors (Lipinski definition) is 3. The van der Waals surface area contributed by atoms with Crippen molar-refractivity contribution in [2.45, 2.75) is 70.0 Å². The van der Waals surface area contributed by atoms with Gasteiger partial charge in [0.2, 0.25) is 5.91 Å². The van der Waals surface area contributed by atoms with Gasteiger partial charge >= 0.3 is 0 Å². The highest BCUT2D eigenvalue weighted by Crippen LogP contribution is 2.33. The first-order chi connectivity index (χ1) is 8.97. The molecular formula is C15H28N2O2. The Labute approximate surface area is 116 Å². The van der Waals surface area contributed by atoms with Crippen molar-refractivity contribution in [2.75, 3.05) is 20.2 Å². The molecule has 1 amide bonds. The number of aliphatic hydroxyl groups is 1. The van der Waals surface area contributed by atoms with Crippen molar-refractivity contribution in [1.29, 1.82) is 0 Å². The summed E-state index contributed by atoms with van der Waals surface area (Å²) < 4.78 is 0. The van der Waals surface area contributed by atoms with Gasteiger partial charge in [0.1, 0.15) is 6.04 Å². The number of likely N-dealkylation sites (N-methyl/N-ethyl adjacent to an activating group) is 1. The first kappa shape index (κ1) is 14.8. The Kier molecular flexibility index (Phi) is 4.51. The van der Waals surface area contributed by atoms with E-state index in [1.54, 1.807) is 4.90 Å². The molecule has 0 radical (unpaired) electrons. The lowest BCUT2D eigenvalue weighted by molar-refractivity contribution is -0.154. The predicted molar refractivity (Wildman–Crippen MR) is 75.9 cm³/mol. The van der Waals surface area contributed by atoms with Gasteiger partial charge in [-0.1, -0.05) is 25.7 Å². The molecule has 0 bridgehead atoms. The molecule has 2 fully saturated rings. The topological polar surface area (TPSA) is 43.8 Å². The van der Waals surface area contributed by atoms with Crippen molar-refractivity contribution < 1.29 is 9.90 Å². The van der Waals surface area contributed by atoms with Crippen LogP contribution in [-0.2, 0) is 4.79 Å². The summed E-state index contributed by atoms with van der Waals surface area (Å²) in [6, 6.07) is 0.101. The number of carbonyl (C=O) groups is 1. The van der Waals surface area contributed by atoms with Crippen LogP contribution in [0.3, 0.4) is 0 Å². The summed E-state index contributed by atoms with van der Waals surface area (Å²) in [6.45, 7) is 5.08. The molecule has 19 heavy (non-hydrogen) atoms. The van der Waals surface area contributed by atoms with E-state index in [0.29, 0.717) is 6.04 Å². The second-order valence-corrected chi connectivity index (χ2v) is 6.76. The van der Waals surface area contributed by atoms with Crippen LogP contribution in [0.4, 0.5) is 0 Å². The maximum absolute atomic E-state index is 12.3. The fraction of sp³-hybridized carbons (Fsp3) is 0.933. The van der Waals surface area contributed by atoms with Gasteiger partial charge in [0, 0.05) is 25.2 Å². The second-order valence-electron chi connectivity index (χ2n) is 6.76. The Morgan fingerprint density at radius 3 is 2.32 bits per heavy atom. The van der Waals surface area contributed by atoms with Crippen LogP contribution in [0, 0.1) is 0 Å². The zero-order valence-corrected chi connectivity index (χ0v) is 12.6. The molecule has 2 aliphatic rings. The third kappa shape index (κ3) is 2.95. The molecule has 0 spiro atoms. The lowest BCUT2D eigenvalue weighted by Crippen LogP contribution is -2.69. The Morgan fingerprint density at radius 2 is 1.79 bits per heavy atom. The Hall–Kier alpha value is -0.610. The van der Waals surface area contributed by atoms with Crippen molar-refractivity contribution in [3.8, 4) is 0 Å². The van der Waals surface area contributed by atoms with E-state index in [2.05, 4.69) is 18.7 Å². The standard InChI is InChI=1S/C15H28N2O2/c1-15(2)11-16(3)14(19)13(10-18)17(15)12-8-6-4-5-7-9-12/h12-13,18H,4-11H2,1-3H3. The molecule has 4 nitrogen and oxygen atoms in total. The monoisotopic (exact) mass is 268 g/mol. The number of aliphatic hydroxyl groups excluding tert-OH is 1. The molecule has 0 aromatic heterocycles. The highest BCUT2D eigenvalue weighted by Gasteiger charge is 2.46. The van der Waals surface area contributed by atoms with Crippen LogP contribution in [0.15, 0.2) is 0 Å². The number of nitrogens with zero attached hydrogens (tertiary/aromatic N) is 2. The van der Waals surface area contributed by atoms with Crippen LogP contribution in [0.25, 0.3) is 0 Å². The molecule has 1 saturated heterocycles. The first-order valence-corrected chi connectivity index (χ1v) is 7.61. The van der Waals surface area contributed by atoms with Gasteiger partial charge in [0.25, 0.3) is 0 Å². The van der Waals surface area contributed by atoms with Crippen LogP contribution < -0.4 is 0 Å². The summed E-state index contributed by atoms with van der Waals surface area (Å²) in [5, 5.41) is 9.69. The number of carbonyl (C=O) groups excluding carboxylic acids is 1. The van der Waals surface area contributed by atoms with Crippen molar-refractivity contribution >= 4 is 5.91 Å². The minimum Gasteiger partial charge on any atom is -0.394 e. The molecule has 1 atom stereocenters. The third-order valence-corrected chi connectivity index (χ3v) is 4.71. The molecule has 4 heteroatoms. The molecule has 1 unspecified atom stereocenters. The SMILES string of the molecule is CN1CC(C)(C)N(C2CCCCCC2)C(CO)C1=O. The highest BCUT2D eigenvalue weighted by atomic mass is 16.3. The van der Waals surface area contributed by atoms with Crippen LogP contribution in [-0.4, -0.2) is 58.6 Å². The molecule has 110 valence electrons. The minimum absolute atomic E-state index is 0.0505. The lowest BCUT2D eigenvalue weighted by atomic mass is 9.90. The first-order valence-electron chi connectivity index (χ1n) is 7.61. The Bertz CT molecular complexity index is 322. The average molecular weight is 268 g/mol. The molecule has 1 aliphatic heterocycles. The number of hydrogen-bond donors (Lipinski definition) is 1. The van der Waals surface area contributed by atoms with Gasteiger partial charge in [-0.2, -0.15) is 0 Å². The maximum Gasteiger partial charge on any atom is 0.242 e. The van der Waals surface area contributed by atoms with Gasteiger partial charge in [-0.05, 0) is 26.7 Å². The van der Waals surface area contributed by atoms with E-state index in [1.165, 1.54) is 25.7 Å². The van der Waals surface area contributed by atoms with Gasteiger partial charge < -0.3 is 10.0 Å². The van der Waals surface area contributed by atoms with Crippen molar-refractivity contribution in [1.82, 2.24) is 9.80 Å². The van der Waals surface area contributed by atoms with E-state index in [0.717, 1.165) is 19.4 Å². The molecule has 1 heterocycles. The normalized spacial score (nSPS) is 30.4. The van der Waals surface area contributed by atoms with Gasteiger partial charge in [0.15, 0.2) is 0 Å². The Balaban J connectivity index is 2.24. The quantitative estimate of drug-likeness (QED) is 0.774. The number of amides is 1. The van der Waals surface area contributed by atoms with E-state index in [1.807, 2.05) is 7.05 Å². The van der Waals surface area contributed by atoms with Crippen LogP contribution >= 0.6 is 0 Å². The van der Waals surface area contributed by atoms with Crippen LogP contribution in [0.1, 0.15) is 52.4 Å². The van der Waals surface area contributed by atoms with E-state index < -0.39 is 0 Å². The highest BCUT2D eigenvalue weighted by molar-refractivity contribution is 5.83. The minimum atomic E-state index is -0.350. The number of rotatable bonds is 2. The second kappa shape index (κ2) is 5.80. The van der Waals surface area contributed by atoms with Crippen molar-refractivity contribution in [3.63, 3.8) is 0 Å². The molecule has 1 N–H and O–H groups in total. The van der Waals surface area contributed by atoms with Gasteiger partial charge in [-0.3, -0.25) is 9.69 Å². The van der Waals surface area contributed by atoms with Crippen LogP contribution in [0.2, 0.25) is 0 Å². The molecule has 0 aromatic carbocycles. The van der Waals surface area contributed by atoms with Gasteiger partial charge in [-0.15, -0.1) is 0 Å². The van der Waals surface area contributed by atoms with E-state index in [-0.39, 0.29) is 24.1 Å². The molecule has 2 rings (SSSR count). The van der Waals surface area contributed by atoms with E-state index in [9.17, 15) is 9.90 Å². The Morgan fingerprint density at radius 1 is 1.21 bits per heavy atom. The smallest absolute Gasteiger partial charge is 0.242 e. The van der Waals surface area contributed by atoms with Crippen molar-refractivity contribution in [2.24, 2.45) is 0 Å². The zero-order chi connectivity index (χ0) is 14.0. The summed E-state index contributed by atoms with van der Waals surface area (Å²) in [6.07, 6.45) is 7.44. The van der Waals surface area contributed by atoms with Crippen LogP contribution in [0.5, 0.6) is 0 Å². The van der Waals surface area contributed by atoms with Gasteiger partial charge in [-0.25, -0.2) is 0 Å². The zero-order valence-electron chi connectivity index (χ0n) is 12.6. The molecule has 0 aromatic rings. The molecule has 1 aliphatic carbocycles. The lowest BCUT2D eigenvalue weighted by Gasteiger charge is -2.53. The molecular weight excluding hydrogens is 240 g/mol. The summed E-state index contributed by atoms with van der Waals surface area (Å²) >= 11 is 0.